The van der Waals surface area contributed by atoms with Crippen LogP contribution in [-0.2, 0) is 11.3 Å². The van der Waals surface area contributed by atoms with Crippen LogP contribution in [0.4, 0.5) is 24.5 Å². The van der Waals surface area contributed by atoms with Crippen molar-refractivity contribution < 1.29 is 18.0 Å². The van der Waals surface area contributed by atoms with E-state index in [2.05, 4.69) is 10.4 Å². The Morgan fingerprint density at radius 1 is 1.37 bits per heavy atom. The van der Waals surface area contributed by atoms with Crippen molar-refractivity contribution in [2.45, 2.75) is 6.54 Å². The number of carbonyl (C=O) groups excluding carboxylic acids is 1. The second kappa shape index (κ2) is 5.01. The van der Waals surface area contributed by atoms with Crippen molar-refractivity contribution in [2.75, 3.05) is 11.1 Å². The molecule has 0 radical (unpaired) electrons. The van der Waals surface area contributed by atoms with Gasteiger partial charge in [-0.05, 0) is 0 Å². The number of nitrogen functional groups attached to an aromatic ring is 1. The molecule has 19 heavy (non-hydrogen) atoms. The summed E-state index contributed by atoms with van der Waals surface area (Å²) in [4.78, 5) is 11.5. The van der Waals surface area contributed by atoms with Gasteiger partial charge in [0.05, 0.1) is 17.6 Å². The van der Waals surface area contributed by atoms with Gasteiger partial charge in [-0.3, -0.25) is 9.48 Å². The number of hydrogen-bond donors (Lipinski definition) is 2. The largest absolute Gasteiger partial charge is 0.396 e. The molecule has 1 heterocycles. The maximum Gasteiger partial charge on any atom is 0.246 e. The fraction of sp³-hybridized carbons (Fsp3) is 0.0909. The van der Waals surface area contributed by atoms with Crippen LogP contribution in [0.5, 0.6) is 0 Å². The highest BCUT2D eigenvalue weighted by molar-refractivity contribution is 5.90. The number of carbonyl (C=O) groups is 1. The summed E-state index contributed by atoms with van der Waals surface area (Å²) in [6.45, 7) is -0.255. The van der Waals surface area contributed by atoms with E-state index in [1.54, 1.807) is 0 Å². The third-order valence-corrected chi connectivity index (χ3v) is 2.23. The van der Waals surface area contributed by atoms with Crippen LogP contribution in [0.3, 0.4) is 0 Å². The Bertz CT molecular complexity index is 626. The van der Waals surface area contributed by atoms with Crippen molar-refractivity contribution in [1.82, 2.24) is 9.78 Å². The summed E-state index contributed by atoms with van der Waals surface area (Å²) in [5, 5.41) is 5.80. The van der Waals surface area contributed by atoms with E-state index in [4.69, 9.17) is 5.73 Å². The number of rotatable bonds is 3. The van der Waals surface area contributed by atoms with E-state index in [0.29, 0.717) is 17.8 Å². The lowest BCUT2D eigenvalue weighted by Gasteiger charge is -2.07. The molecule has 2 rings (SSSR count). The summed E-state index contributed by atoms with van der Waals surface area (Å²) < 4.78 is 40.3. The van der Waals surface area contributed by atoms with E-state index in [-0.39, 0.29) is 6.54 Å². The van der Waals surface area contributed by atoms with Gasteiger partial charge < -0.3 is 11.1 Å². The third kappa shape index (κ3) is 3.03. The first-order valence-corrected chi connectivity index (χ1v) is 5.18. The van der Waals surface area contributed by atoms with Crippen LogP contribution in [0, 0.1) is 17.5 Å². The van der Waals surface area contributed by atoms with Gasteiger partial charge in [-0.1, -0.05) is 0 Å². The van der Waals surface area contributed by atoms with Gasteiger partial charge in [0.15, 0.2) is 11.6 Å². The number of nitrogens with one attached hydrogen (secondary N) is 1. The van der Waals surface area contributed by atoms with Gasteiger partial charge in [0.25, 0.3) is 0 Å². The van der Waals surface area contributed by atoms with Crippen molar-refractivity contribution in [2.24, 2.45) is 0 Å². The number of hydrogen-bond acceptors (Lipinski definition) is 3. The predicted octanol–water partition coefficient (Wildman–Crippen LogP) is 1.52. The Balaban J connectivity index is 2.11. The number of anilines is 2. The number of halogens is 3. The molecule has 3 N–H and O–H groups in total. The topological polar surface area (TPSA) is 72.9 Å². The van der Waals surface area contributed by atoms with Crippen molar-refractivity contribution in [1.29, 1.82) is 0 Å². The van der Waals surface area contributed by atoms with Crippen LogP contribution < -0.4 is 11.1 Å². The molecule has 100 valence electrons. The molecule has 0 unspecified atom stereocenters. The molecule has 0 aliphatic heterocycles. The van der Waals surface area contributed by atoms with Crippen LogP contribution in [0.1, 0.15) is 0 Å². The molecular weight excluding hydrogens is 261 g/mol. The molecule has 0 atom stereocenters. The number of benzene rings is 1. The SMILES string of the molecule is Nc1cnn(CC(=O)Nc2cc(F)cc(F)c2F)c1. The van der Waals surface area contributed by atoms with Crippen molar-refractivity contribution >= 4 is 17.3 Å². The molecule has 0 saturated heterocycles. The fourth-order valence-electron chi connectivity index (χ4n) is 1.45. The number of nitrogens with two attached hydrogens (primary N) is 1. The van der Waals surface area contributed by atoms with Crippen molar-refractivity contribution in [3.8, 4) is 0 Å². The maximum absolute atomic E-state index is 13.3. The van der Waals surface area contributed by atoms with Gasteiger partial charge in [-0.2, -0.15) is 5.10 Å². The minimum absolute atomic E-state index is 0.255. The second-order valence-corrected chi connectivity index (χ2v) is 3.77. The standard InChI is InChI=1S/C11H9F3N4O/c12-6-1-8(13)11(14)9(2-6)17-10(19)5-18-4-7(15)3-16-18/h1-4H,5,15H2,(H,17,19). The Morgan fingerprint density at radius 2 is 2.11 bits per heavy atom. The van der Waals surface area contributed by atoms with Gasteiger partial charge in [0.1, 0.15) is 12.4 Å². The van der Waals surface area contributed by atoms with Crippen molar-refractivity contribution in [3.05, 3.63) is 42.0 Å². The summed E-state index contributed by atoms with van der Waals surface area (Å²) >= 11 is 0. The minimum Gasteiger partial charge on any atom is -0.396 e. The van der Waals surface area contributed by atoms with E-state index in [1.807, 2.05) is 0 Å². The number of nitrogens with zero attached hydrogens (tertiary/aromatic N) is 2. The Hall–Kier alpha value is -2.51. The predicted molar refractivity (Wildman–Crippen MR) is 61.6 cm³/mol. The Morgan fingerprint density at radius 3 is 2.74 bits per heavy atom. The molecule has 0 aliphatic rings. The zero-order chi connectivity index (χ0) is 14.0. The average molecular weight is 270 g/mol. The monoisotopic (exact) mass is 270 g/mol. The molecule has 1 aromatic carbocycles. The maximum atomic E-state index is 13.3. The number of amides is 1. The molecule has 0 bridgehead atoms. The quantitative estimate of drug-likeness (QED) is 0.830. The molecule has 8 heteroatoms. The molecular formula is C11H9F3N4O. The minimum atomic E-state index is -1.38. The summed E-state index contributed by atoms with van der Waals surface area (Å²) in [6, 6.07) is 1.08. The first-order chi connectivity index (χ1) is 8.95. The molecule has 5 nitrogen and oxygen atoms in total. The molecule has 0 saturated carbocycles. The van der Waals surface area contributed by atoms with Gasteiger partial charge in [0, 0.05) is 18.3 Å². The smallest absolute Gasteiger partial charge is 0.246 e. The van der Waals surface area contributed by atoms with Crippen LogP contribution in [0.15, 0.2) is 24.5 Å². The molecule has 2 aromatic rings. The van der Waals surface area contributed by atoms with Crippen LogP contribution in [0.25, 0.3) is 0 Å². The zero-order valence-corrected chi connectivity index (χ0v) is 9.53. The summed E-state index contributed by atoms with van der Waals surface area (Å²) in [5.74, 6) is -4.38. The van der Waals surface area contributed by atoms with Gasteiger partial charge >= 0.3 is 0 Å². The highest BCUT2D eigenvalue weighted by Gasteiger charge is 2.13. The van der Waals surface area contributed by atoms with Gasteiger partial charge in [-0.25, -0.2) is 13.2 Å². The van der Waals surface area contributed by atoms with Crippen LogP contribution in [0.2, 0.25) is 0 Å². The average Bonchev–Trinajstić information content (AvgIpc) is 2.70. The summed E-state index contributed by atoms with van der Waals surface area (Å²) in [6.07, 6.45) is 2.72. The first kappa shape index (κ1) is 12.9. The van der Waals surface area contributed by atoms with Crippen LogP contribution in [-0.4, -0.2) is 15.7 Å². The normalized spacial score (nSPS) is 10.5. The molecule has 1 amide bonds. The van der Waals surface area contributed by atoms with E-state index >= 15 is 0 Å². The zero-order valence-electron chi connectivity index (χ0n) is 9.53. The van der Waals surface area contributed by atoms with Crippen LogP contribution >= 0.6 is 0 Å². The summed E-state index contributed by atoms with van der Waals surface area (Å²) in [7, 11) is 0. The van der Waals surface area contributed by atoms with Gasteiger partial charge in [0.2, 0.25) is 5.91 Å². The van der Waals surface area contributed by atoms with Crippen molar-refractivity contribution in [3.63, 3.8) is 0 Å². The van der Waals surface area contributed by atoms with E-state index in [0.717, 1.165) is 0 Å². The van der Waals surface area contributed by atoms with E-state index < -0.39 is 29.0 Å². The molecule has 0 spiro atoms. The highest BCUT2D eigenvalue weighted by atomic mass is 19.2. The lowest BCUT2D eigenvalue weighted by molar-refractivity contribution is -0.116. The molecule has 0 fully saturated rings. The Kier molecular flexibility index (Phi) is 3.41. The third-order valence-electron chi connectivity index (χ3n) is 2.23. The summed E-state index contributed by atoms with van der Waals surface area (Å²) in [5.41, 5.74) is 5.19. The van der Waals surface area contributed by atoms with E-state index in [1.165, 1.54) is 17.1 Å². The lowest BCUT2D eigenvalue weighted by atomic mass is 10.3. The molecule has 0 aliphatic carbocycles. The van der Waals surface area contributed by atoms with Gasteiger partial charge in [-0.15, -0.1) is 0 Å². The lowest BCUT2D eigenvalue weighted by Crippen LogP contribution is -2.20. The number of aromatic nitrogens is 2. The first-order valence-electron chi connectivity index (χ1n) is 5.18. The second-order valence-electron chi connectivity index (χ2n) is 3.77. The van der Waals surface area contributed by atoms with E-state index in [9.17, 15) is 18.0 Å². The Labute approximate surface area is 105 Å². The molecule has 1 aromatic heterocycles. The highest BCUT2D eigenvalue weighted by Crippen LogP contribution is 2.19. The fourth-order valence-corrected chi connectivity index (χ4v) is 1.45.